The fraction of sp³-hybridized carbons (Fsp3) is 0.200. The van der Waals surface area contributed by atoms with Crippen LogP contribution in [0.1, 0.15) is 11.4 Å². The molecule has 2 heterocycles. The number of thiocarbonyl (C=S) groups is 1. The predicted molar refractivity (Wildman–Crippen MR) is 88.1 cm³/mol. The molecule has 5 nitrogen and oxygen atoms in total. The molecule has 22 heavy (non-hydrogen) atoms. The van der Waals surface area contributed by atoms with Gasteiger partial charge in [-0.15, -0.1) is 0 Å². The van der Waals surface area contributed by atoms with Crippen molar-refractivity contribution in [2.75, 3.05) is 13.6 Å². The zero-order valence-corrected chi connectivity index (χ0v) is 13.9. The van der Waals surface area contributed by atoms with E-state index < -0.39 is 0 Å². The summed E-state index contributed by atoms with van der Waals surface area (Å²) >= 11 is 5.27. The summed E-state index contributed by atoms with van der Waals surface area (Å²) in [6, 6.07) is 11.5. The third-order valence-electron chi connectivity index (χ3n) is 2.82. The average molecular weight is 363 g/mol. The maximum Gasteiger partial charge on any atom is 2.00 e. The van der Waals surface area contributed by atoms with E-state index in [1.165, 1.54) is 0 Å². The Hall–Kier alpha value is -1.82. The number of nitrogens with zero attached hydrogens (tertiary/aromatic N) is 4. The van der Waals surface area contributed by atoms with E-state index in [9.17, 15) is 0 Å². The molecule has 0 spiro atoms. The Labute approximate surface area is 146 Å². The Morgan fingerprint density at radius 1 is 1.23 bits per heavy atom. The molecule has 0 saturated heterocycles. The SMILES string of the molecule is CN(CCc1ccccn1)C(=S)NN=Cc1ccccn1.[Cu+2]. The summed E-state index contributed by atoms with van der Waals surface area (Å²) in [5.74, 6) is 0. The molecule has 2 aromatic heterocycles. The van der Waals surface area contributed by atoms with Gasteiger partial charge >= 0.3 is 17.1 Å². The molecule has 1 radical (unpaired) electrons. The summed E-state index contributed by atoms with van der Waals surface area (Å²) in [7, 11) is 1.93. The second-order valence-corrected chi connectivity index (χ2v) is 4.81. The minimum Gasteiger partial charge on any atom is -0.351 e. The molecule has 0 fully saturated rings. The van der Waals surface area contributed by atoms with Gasteiger partial charge in [0.1, 0.15) is 0 Å². The first-order chi connectivity index (χ1) is 10.3. The zero-order chi connectivity index (χ0) is 14.9. The van der Waals surface area contributed by atoms with Crippen molar-refractivity contribution in [3.8, 4) is 0 Å². The fourth-order valence-electron chi connectivity index (χ4n) is 1.62. The Morgan fingerprint density at radius 2 is 1.95 bits per heavy atom. The van der Waals surface area contributed by atoms with Crippen LogP contribution in [0.4, 0.5) is 0 Å². The minimum absolute atomic E-state index is 0. The molecular formula is C15H17CuN5S+2. The molecule has 0 unspecified atom stereocenters. The van der Waals surface area contributed by atoms with Gasteiger partial charge in [0, 0.05) is 38.1 Å². The van der Waals surface area contributed by atoms with Crippen molar-refractivity contribution < 1.29 is 17.1 Å². The van der Waals surface area contributed by atoms with E-state index in [0.717, 1.165) is 24.4 Å². The van der Waals surface area contributed by atoms with Crippen molar-refractivity contribution in [2.45, 2.75) is 6.42 Å². The molecule has 1 N–H and O–H groups in total. The predicted octanol–water partition coefficient (Wildman–Crippen LogP) is 1.86. The Kier molecular flexibility index (Phi) is 8.28. The van der Waals surface area contributed by atoms with Crippen LogP contribution >= 0.6 is 12.2 Å². The van der Waals surface area contributed by atoms with E-state index in [-0.39, 0.29) is 17.1 Å². The summed E-state index contributed by atoms with van der Waals surface area (Å²) in [4.78, 5) is 10.4. The summed E-state index contributed by atoms with van der Waals surface area (Å²) in [6.07, 6.45) is 5.99. The Morgan fingerprint density at radius 3 is 2.59 bits per heavy atom. The smallest absolute Gasteiger partial charge is 0.351 e. The zero-order valence-electron chi connectivity index (χ0n) is 12.1. The maximum atomic E-state index is 5.27. The van der Waals surface area contributed by atoms with Gasteiger partial charge < -0.3 is 4.90 Å². The molecule has 2 aromatic rings. The number of likely N-dealkylation sites (N-methyl/N-ethyl adjacent to an activating group) is 1. The van der Waals surface area contributed by atoms with Crippen LogP contribution in [0.25, 0.3) is 0 Å². The van der Waals surface area contributed by atoms with Crippen LogP contribution in [0.5, 0.6) is 0 Å². The van der Waals surface area contributed by atoms with Crippen molar-refractivity contribution in [1.82, 2.24) is 20.3 Å². The number of hydrogen-bond donors (Lipinski definition) is 1. The van der Waals surface area contributed by atoms with E-state index in [2.05, 4.69) is 20.5 Å². The summed E-state index contributed by atoms with van der Waals surface area (Å²) < 4.78 is 0. The Bertz CT molecular complexity index is 591. The average Bonchev–Trinajstić information content (AvgIpc) is 2.54. The monoisotopic (exact) mass is 362 g/mol. The number of rotatable bonds is 5. The molecule has 0 aliphatic carbocycles. The van der Waals surface area contributed by atoms with Crippen LogP contribution < -0.4 is 5.43 Å². The number of hydrogen-bond acceptors (Lipinski definition) is 4. The number of hydrazone groups is 1. The van der Waals surface area contributed by atoms with Gasteiger partial charge in [-0.3, -0.25) is 15.4 Å². The number of nitrogens with one attached hydrogen (secondary N) is 1. The van der Waals surface area contributed by atoms with Gasteiger partial charge in [0.25, 0.3) is 0 Å². The standard InChI is InChI=1S/C15H17N5S.Cu/c1-20(11-8-13-6-2-4-9-16-13)15(21)19-18-12-14-7-3-5-10-17-14;/h2-7,9-10,12H,8,11H2,1H3,(H,19,21);/q;+2. The van der Waals surface area contributed by atoms with Crippen molar-refractivity contribution in [3.63, 3.8) is 0 Å². The van der Waals surface area contributed by atoms with E-state index in [4.69, 9.17) is 12.2 Å². The molecule has 0 aliphatic heterocycles. The first-order valence-electron chi connectivity index (χ1n) is 6.61. The quantitative estimate of drug-likeness (QED) is 0.381. The van der Waals surface area contributed by atoms with Crippen LogP contribution in [-0.4, -0.2) is 39.8 Å². The van der Waals surface area contributed by atoms with Crippen LogP contribution in [0.3, 0.4) is 0 Å². The molecule has 0 bridgehead atoms. The van der Waals surface area contributed by atoms with Gasteiger partial charge in [-0.25, -0.2) is 0 Å². The van der Waals surface area contributed by atoms with Gasteiger partial charge in [-0.05, 0) is 36.5 Å². The van der Waals surface area contributed by atoms with Crippen molar-refractivity contribution in [1.29, 1.82) is 0 Å². The molecule has 0 atom stereocenters. The Balaban J connectivity index is 0.00000242. The van der Waals surface area contributed by atoms with Gasteiger partial charge in [0.15, 0.2) is 5.11 Å². The molecule has 117 valence electrons. The first kappa shape index (κ1) is 18.2. The van der Waals surface area contributed by atoms with Crippen LogP contribution in [-0.2, 0) is 23.5 Å². The normalized spacial score (nSPS) is 10.0. The number of aromatic nitrogens is 2. The second-order valence-electron chi connectivity index (χ2n) is 4.42. The topological polar surface area (TPSA) is 53.4 Å². The summed E-state index contributed by atoms with van der Waals surface area (Å²) in [5.41, 5.74) is 4.66. The van der Waals surface area contributed by atoms with E-state index in [0.29, 0.717) is 5.11 Å². The fourth-order valence-corrected chi connectivity index (χ4v) is 1.77. The molecule has 2 rings (SSSR count). The molecule has 0 aliphatic rings. The maximum absolute atomic E-state index is 5.27. The molecule has 0 amide bonds. The molecular weight excluding hydrogens is 346 g/mol. The van der Waals surface area contributed by atoms with Crippen molar-refractivity contribution in [3.05, 3.63) is 60.2 Å². The third kappa shape index (κ3) is 6.30. The molecule has 7 heteroatoms. The van der Waals surface area contributed by atoms with E-state index in [1.54, 1.807) is 18.6 Å². The largest absolute Gasteiger partial charge is 2.00 e. The van der Waals surface area contributed by atoms with Gasteiger partial charge in [0.2, 0.25) is 0 Å². The van der Waals surface area contributed by atoms with Crippen molar-refractivity contribution >= 4 is 23.5 Å². The van der Waals surface area contributed by atoms with Crippen LogP contribution in [0.2, 0.25) is 0 Å². The first-order valence-corrected chi connectivity index (χ1v) is 7.01. The second kappa shape index (κ2) is 10.00. The van der Waals surface area contributed by atoms with Crippen LogP contribution in [0, 0.1) is 0 Å². The molecule has 0 saturated carbocycles. The number of pyridine rings is 2. The van der Waals surface area contributed by atoms with Gasteiger partial charge in [-0.1, -0.05) is 12.1 Å². The minimum atomic E-state index is 0. The molecule has 0 aromatic carbocycles. The third-order valence-corrected chi connectivity index (χ3v) is 3.22. The summed E-state index contributed by atoms with van der Waals surface area (Å²) in [6.45, 7) is 0.780. The van der Waals surface area contributed by atoms with E-state index >= 15 is 0 Å². The van der Waals surface area contributed by atoms with E-state index in [1.807, 2.05) is 48.3 Å². The van der Waals surface area contributed by atoms with Crippen LogP contribution in [0.15, 0.2) is 53.9 Å². The summed E-state index contributed by atoms with van der Waals surface area (Å²) in [5, 5.41) is 4.65. The van der Waals surface area contributed by atoms with Gasteiger partial charge in [-0.2, -0.15) is 5.10 Å². The van der Waals surface area contributed by atoms with Crippen molar-refractivity contribution in [2.24, 2.45) is 5.10 Å². The van der Waals surface area contributed by atoms with Gasteiger partial charge in [0.05, 0.1) is 11.9 Å².